The molecule has 1 aliphatic carbocycles. The molecule has 0 spiro atoms. The summed E-state index contributed by atoms with van der Waals surface area (Å²) in [4.78, 5) is 1.44. The summed E-state index contributed by atoms with van der Waals surface area (Å²) in [6.45, 7) is 10.4. The number of aryl methyl sites for hydroxylation is 2. The first-order valence-electron chi connectivity index (χ1n) is 7.98. The van der Waals surface area contributed by atoms with Crippen molar-refractivity contribution in [1.29, 1.82) is 0 Å². The molecule has 0 saturated carbocycles. The minimum atomic E-state index is 0.318. The van der Waals surface area contributed by atoms with Crippen molar-refractivity contribution in [2.75, 3.05) is 12.3 Å². The molecule has 2 heteroatoms. The largest absolute Gasteiger partial charge is 0.313 e. The Hall–Kier alpha value is -0.470. The summed E-state index contributed by atoms with van der Waals surface area (Å²) < 4.78 is 0. The lowest BCUT2D eigenvalue weighted by Crippen LogP contribution is -2.42. The summed E-state index contributed by atoms with van der Waals surface area (Å²) >= 11 is 2.01. The van der Waals surface area contributed by atoms with Crippen molar-refractivity contribution in [3.05, 3.63) is 29.3 Å². The molecule has 112 valence electrons. The number of hydrogen-bond donors (Lipinski definition) is 1. The molecule has 1 atom stereocenters. The summed E-state index contributed by atoms with van der Waals surface area (Å²) in [5.41, 5.74) is 3.48. The topological polar surface area (TPSA) is 12.0 Å². The van der Waals surface area contributed by atoms with E-state index in [0.29, 0.717) is 11.5 Å². The normalized spacial score (nSPS) is 16.2. The van der Waals surface area contributed by atoms with Crippen LogP contribution in [-0.2, 0) is 12.8 Å². The summed E-state index contributed by atoms with van der Waals surface area (Å²) in [7, 11) is 0. The van der Waals surface area contributed by atoms with Gasteiger partial charge >= 0.3 is 0 Å². The van der Waals surface area contributed by atoms with E-state index < -0.39 is 0 Å². The fourth-order valence-corrected chi connectivity index (χ4v) is 4.12. The molecule has 0 radical (unpaired) electrons. The van der Waals surface area contributed by atoms with Gasteiger partial charge in [-0.1, -0.05) is 33.8 Å². The third kappa shape index (κ3) is 4.26. The van der Waals surface area contributed by atoms with Crippen LogP contribution in [0.5, 0.6) is 0 Å². The van der Waals surface area contributed by atoms with Gasteiger partial charge in [-0.25, -0.2) is 0 Å². The predicted octanol–water partition coefficient (Wildman–Crippen LogP) is 4.68. The van der Waals surface area contributed by atoms with Crippen LogP contribution < -0.4 is 5.32 Å². The summed E-state index contributed by atoms with van der Waals surface area (Å²) in [5.74, 6) is 1.16. The zero-order chi connectivity index (χ0) is 14.6. The van der Waals surface area contributed by atoms with Gasteiger partial charge < -0.3 is 5.32 Å². The highest BCUT2D eigenvalue weighted by atomic mass is 32.2. The number of benzene rings is 1. The van der Waals surface area contributed by atoms with Crippen LogP contribution >= 0.6 is 11.8 Å². The Kier molecular flexibility index (Phi) is 5.57. The van der Waals surface area contributed by atoms with Gasteiger partial charge in [-0.05, 0) is 60.9 Å². The van der Waals surface area contributed by atoms with Crippen LogP contribution in [-0.4, -0.2) is 18.3 Å². The second-order valence-electron chi connectivity index (χ2n) is 6.97. The molecule has 0 saturated heterocycles. The van der Waals surface area contributed by atoms with Crippen LogP contribution in [0.25, 0.3) is 0 Å². The van der Waals surface area contributed by atoms with Crippen molar-refractivity contribution in [1.82, 2.24) is 5.32 Å². The first-order valence-corrected chi connectivity index (χ1v) is 8.97. The molecular weight excluding hydrogens is 262 g/mol. The molecule has 1 aliphatic rings. The first kappa shape index (κ1) is 15.9. The monoisotopic (exact) mass is 291 g/mol. The molecule has 1 N–H and O–H groups in total. The zero-order valence-corrected chi connectivity index (χ0v) is 14.3. The molecule has 2 rings (SSSR count). The van der Waals surface area contributed by atoms with Gasteiger partial charge in [0.15, 0.2) is 0 Å². The SMILES string of the molecule is CCCNC(CSc1ccc2c(c1)CCC2)C(C)(C)C. The van der Waals surface area contributed by atoms with E-state index in [2.05, 4.69) is 51.2 Å². The fourth-order valence-electron chi connectivity index (χ4n) is 2.75. The molecule has 0 amide bonds. The summed E-state index contributed by atoms with van der Waals surface area (Å²) in [6, 6.07) is 7.65. The lowest BCUT2D eigenvalue weighted by atomic mass is 9.88. The third-order valence-corrected chi connectivity index (χ3v) is 5.26. The fraction of sp³-hybridized carbons (Fsp3) is 0.667. The van der Waals surface area contributed by atoms with Gasteiger partial charge in [0, 0.05) is 16.7 Å². The van der Waals surface area contributed by atoms with Crippen molar-refractivity contribution in [3.8, 4) is 0 Å². The molecule has 1 aromatic rings. The Morgan fingerprint density at radius 1 is 1.20 bits per heavy atom. The van der Waals surface area contributed by atoms with E-state index >= 15 is 0 Å². The maximum Gasteiger partial charge on any atom is 0.0210 e. The van der Waals surface area contributed by atoms with E-state index in [-0.39, 0.29) is 0 Å². The number of rotatable bonds is 6. The lowest BCUT2D eigenvalue weighted by Gasteiger charge is -2.31. The van der Waals surface area contributed by atoms with Gasteiger partial charge in [0.2, 0.25) is 0 Å². The smallest absolute Gasteiger partial charge is 0.0210 e. The lowest BCUT2D eigenvalue weighted by molar-refractivity contribution is 0.292. The molecule has 1 aromatic carbocycles. The van der Waals surface area contributed by atoms with Crippen LogP contribution in [0.2, 0.25) is 0 Å². The Morgan fingerprint density at radius 3 is 2.65 bits per heavy atom. The minimum Gasteiger partial charge on any atom is -0.313 e. The molecule has 1 nitrogen and oxygen atoms in total. The van der Waals surface area contributed by atoms with Gasteiger partial charge in [0.05, 0.1) is 0 Å². The molecule has 0 heterocycles. The average molecular weight is 292 g/mol. The van der Waals surface area contributed by atoms with E-state index in [1.54, 1.807) is 11.1 Å². The van der Waals surface area contributed by atoms with Crippen molar-refractivity contribution >= 4 is 11.8 Å². The quantitative estimate of drug-likeness (QED) is 0.764. The van der Waals surface area contributed by atoms with Crippen molar-refractivity contribution in [2.24, 2.45) is 5.41 Å². The predicted molar refractivity (Wildman–Crippen MR) is 90.7 cm³/mol. The van der Waals surface area contributed by atoms with E-state index in [0.717, 1.165) is 12.3 Å². The Balaban J connectivity index is 1.95. The minimum absolute atomic E-state index is 0.318. The van der Waals surface area contributed by atoms with Crippen LogP contribution in [0, 0.1) is 5.41 Å². The average Bonchev–Trinajstić information content (AvgIpc) is 2.84. The van der Waals surface area contributed by atoms with Crippen LogP contribution in [0.3, 0.4) is 0 Å². The second kappa shape index (κ2) is 7.00. The molecule has 0 fully saturated rings. The maximum atomic E-state index is 3.71. The standard InChI is InChI=1S/C18H29NS/c1-5-11-19-17(18(2,3)4)13-20-16-10-9-14-7-6-8-15(14)12-16/h9-10,12,17,19H,5-8,11,13H2,1-4H3. The van der Waals surface area contributed by atoms with Gasteiger partial charge in [-0.15, -0.1) is 11.8 Å². The van der Waals surface area contributed by atoms with Crippen LogP contribution in [0.4, 0.5) is 0 Å². The Labute approximate surface area is 128 Å². The maximum absolute atomic E-state index is 3.71. The highest BCUT2D eigenvalue weighted by Gasteiger charge is 2.24. The van der Waals surface area contributed by atoms with Gasteiger partial charge in [-0.3, -0.25) is 0 Å². The molecule has 0 aromatic heterocycles. The van der Waals surface area contributed by atoms with Gasteiger partial charge in [0.25, 0.3) is 0 Å². The third-order valence-electron chi connectivity index (χ3n) is 4.17. The van der Waals surface area contributed by atoms with E-state index in [9.17, 15) is 0 Å². The van der Waals surface area contributed by atoms with Gasteiger partial charge in [-0.2, -0.15) is 0 Å². The van der Waals surface area contributed by atoms with Crippen LogP contribution in [0.15, 0.2) is 23.1 Å². The second-order valence-corrected chi connectivity index (χ2v) is 8.06. The molecule has 20 heavy (non-hydrogen) atoms. The number of nitrogens with one attached hydrogen (secondary N) is 1. The van der Waals surface area contributed by atoms with Crippen molar-refractivity contribution < 1.29 is 0 Å². The zero-order valence-electron chi connectivity index (χ0n) is 13.5. The first-order chi connectivity index (χ1) is 9.50. The highest BCUT2D eigenvalue weighted by Crippen LogP contribution is 2.30. The van der Waals surface area contributed by atoms with Crippen LogP contribution in [0.1, 0.15) is 51.7 Å². The Morgan fingerprint density at radius 2 is 1.95 bits per heavy atom. The summed E-state index contributed by atoms with van der Waals surface area (Å²) in [6.07, 6.45) is 5.10. The molecule has 0 bridgehead atoms. The number of fused-ring (bicyclic) bond motifs is 1. The number of hydrogen-bond acceptors (Lipinski definition) is 2. The molecular formula is C18H29NS. The Bertz CT molecular complexity index is 434. The van der Waals surface area contributed by atoms with E-state index in [1.807, 2.05) is 11.8 Å². The van der Waals surface area contributed by atoms with Crippen molar-refractivity contribution in [3.63, 3.8) is 0 Å². The van der Waals surface area contributed by atoms with E-state index in [1.165, 1.54) is 30.6 Å². The summed E-state index contributed by atoms with van der Waals surface area (Å²) in [5, 5.41) is 3.71. The van der Waals surface area contributed by atoms with Crippen molar-refractivity contribution in [2.45, 2.75) is 64.3 Å². The highest BCUT2D eigenvalue weighted by molar-refractivity contribution is 7.99. The molecule has 1 unspecified atom stereocenters. The molecule has 0 aliphatic heterocycles. The van der Waals surface area contributed by atoms with Gasteiger partial charge in [0.1, 0.15) is 0 Å². The number of thioether (sulfide) groups is 1. The van der Waals surface area contributed by atoms with E-state index in [4.69, 9.17) is 0 Å².